The van der Waals surface area contributed by atoms with Crippen molar-refractivity contribution in [1.82, 2.24) is 15.2 Å². The highest BCUT2D eigenvalue weighted by Crippen LogP contribution is 2.50. The fourth-order valence-corrected chi connectivity index (χ4v) is 5.82. The number of fused-ring (bicyclic) bond motifs is 1. The van der Waals surface area contributed by atoms with E-state index in [1.54, 1.807) is 24.3 Å². The number of likely N-dealkylation sites (tertiary alicyclic amines) is 1. The van der Waals surface area contributed by atoms with Crippen LogP contribution in [0, 0.1) is 18.8 Å². The highest BCUT2D eigenvalue weighted by molar-refractivity contribution is 7.15. The minimum absolute atomic E-state index is 0.0372. The molecule has 0 unspecified atom stereocenters. The van der Waals surface area contributed by atoms with Gasteiger partial charge in [-0.1, -0.05) is 41.4 Å². The van der Waals surface area contributed by atoms with Gasteiger partial charge in [0, 0.05) is 28.7 Å². The van der Waals surface area contributed by atoms with E-state index in [-0.39, 0.29) is 17.9 Å². The summed E-state index contributed by atoms with van der Waals surface area (Å²) in [7, 11) is 0. The molecule has 2 fully saturated rings. The molecule has 8 heteroatoms. The van der Waals surface area contributed by atoms with Crippen LogP contribution in [0.15, 0.2) is 48.5 Å². The third-order valence-corrected chi connectivity index (χ3v) is 7.64. The van der Waals surface area contributed by atoms with Crippen LogP contribution < -0.4 is 5.32 Å². The zero-order valence-electron chi connectivity index (χ0n) is 17.3. The molecule has 1 N–H and O–H groups in total. The van der Waals surface area contributed by atoms with Gasteiger partial charge in [0.2, 0.25) is 0 Å². The molecule has 1 saturated carbocycles. The average Bonchev–Trinajstić information content (AvgIpc) is 3.28. The summed E-state index contributed by atoms with van der Waals surface area (Å²) in [6, 6.07) is 14.3. The standard InChI is InChI=1S/C24H21Cl2N3O2S/c1-13-28-21(22(32-13)14-4-2-6-17(25)8-14)24(31)29-12-16-10-19(16)20(29)11-27-23(30)15-5-3-7-18(26)9-15/h2-9,16,19-20H,10-12H2,1H3,(H,27,30)/t16-,19-,20+/m0/s1. The van der Waals surface area contributed by atoms with Crippen LogP contribution >= 0.6 is 34.5 Å². The van der Waals surface area contributed by atoms with E-state index in [0.29, 0.717) is 46.2 Å². The van der Waals surface area contributed by atoms with E-state index in [9.17, 15) is 9.59 Å². The molecule has 5 nitrogen and oxygen atoms in total. The van der Waals surface area contributed by atoms with E-state index in [4.69, 9.17) is 23.2 Å². The second-order valence-corrected chi connectivity index (χ2v) is 10.4. The molecule has 0 spiro atoms. The summed E-state index contributed by atoms with van der Waals surface area (Å²) in [6.45, 7) is 3.01. The topological polar surface area (TPSA) is 62.3 Å². The predicted octanol–water partition coefficient (Wildman–Crippen LogP) is 5.32. The number of benzene rings is 2. The number of piperidine rings is 1. The van der Waals surface area contributed by atoms with E-state index in [1.165, 1.54) is 11.3 Å². The molecule has 1 aliphatic heterocycles. The number of nitrogens with one attached hydrogen (secondary N) is 1. The number of hydrogen-bond acceptors (Lipinski definition) is 4. The zero-order chi connectivity index (χ0) is 22.4. The fourth-order valence-electron chi connectivity index (χ4n) is 4.53. The van der Waals surface area contributed by atoms with Gasteiger partial charge in [-0.25, -0.2) is 4.98 Å². The van der Waals surface area contributed by atoms with Crippen molar-refractivity contribution < 1.29 is 9.59 Å². The lowest BCUT2D eigenvalue weighted by molar-refractivity contribution is 0.0690. The van der Waals surface area contributed by atoms with Crippen LogP contribution in [-0.2, 0) is 0 Å². The van der Waals surface area contributed by atoms with Gasteiger partial charge in [-0.05, 0) is 61.1 Å². The van der Waals surface area contributed by atoms with Crippen LogP contribution in [0.5, 0.6) is 0 Å². The number of hydrogen-bond donors (Lipinski definition) is 1. The molecule has 32 heavy (non-hydrogen) atoms. The van der Waals surface area contributed by atoms with Crippen molar-refractivity contribution >= 4 is 46.4 Å². The molecule has 3 aromatic rings. The summed E-state index contributed by atoms with van der Waals surface area (Å²) in [4.78, 5) is 33.5. The first-order valence-electron chi connectivity index (χ1n) is 10.5. The maximum atomic E-state index is 13.6. The van der Waals surface area contributed by atoms with Crippen molar-refractivity contribution in [3.63, 3.8) is 0 Å². The quantitative estimate of drug-likeness (QED) is 0.531. The molecular formula is C24H21Cl2N3O2S. The van der Waals surface area contributed by atoms with E-state index in [1.807, 2.05) is 36.1 Å². The Kier molecular flexibility index (Phi) is 5.70. The van der Waals surface area contributed by atoms with Crippen molar-refractivity contribution in [2.45, 2.75) is 19.4 Å². The van der Waals surface area contributed by atoms with E-state index >= 15 is 0 Å². The highest BCUT2D eigenvalue weighted by atomic mass is 35.5. The summed E-state index contributed by atoms with van der Waals surface area (Å²) < 4.78 is 0. The number of carbonyl (C=O) groups excluding carboxylic acids is 2. The SMILES string of the molecule is Cc1nc(C(=O)N2C[C@@H]3C[C@@H]3[C@H]2CNC(=O)c2cccc(Cl)c2)c(-c2cccc(Cl)c2)s1. The number of nitrogens with zero attached hydrogens (tertiary/aromatic N) is 2. The van der Waals surface area contributed by atoms with E-state index in [0.717, 1.165) is 21.9 Å². The monoisotopic (exact) mass is 485 g/mol. The number of carbonyl (C=O) groups is 2. The predicted molar refractivity (Wildman–Crippen MR) is 128 cm³/mol. The van der Waals surface area contributed by atoms with Crippen molar-refractivity contribution in [2.24, 2.45) is 11.8 Å². The third kappa shape index (κ3) is 4.15. The second kappa shape index (κ2) is 8.50. The molecule has 1 aromatic heterocycles. The van der Waals surface area contributed by atoms with Gasteiger partial charge in [0.1, 0.15) is 5.69 Å². The lowest BCUT2D eigenvalue weighted by Gasteiger charge is -2.27. The summed E-state index contributed by atoms with van der Waals surface area (Å²) in [5, 5.41) is 4.97. The highest BCUT2D eigenvalue weighted by Gasteiger charge is 2.54. The summed E-state index contributed by atoms with van der Waals surface area (Å²) in [5.74, 6) is 0.654. The molecule has 2 amide bonds. The fraction of sp³-hybridized carbons (Fsp3) is 0.292. The Balaban J connectivity index is 1.36. The van der Waals surface area contributed by atoms with Gasteiger partial charge in [0.15, 0.2) is 0 Å². The first-order chi connectivity index (χ1) is 15.4. The largest absolute Gasteiger partial charge is 0.350 e. The van der Waals surface area contributed by atoms with Gasteiger partial charge in [-0.2, -0.15) is 0 Å². The molecule has 5 rings (SSSR count). The first kappa shape index (κ1) is 21.4. The van der Waals surface area contributed by atoms with Crippen LogP contribution in [0.2, 0.25) is 10.0 Å². The Morgan fingerprint density at radius 3 is 2.66 bits per heavy atom. The molecule has 2 heterocycles. The number of aromatic nitrogens is 1. The Morgan fingerprint density at radius 1 is 1.16 bits per heavy atom. The molecule has 1 saturated heterocycles. The summed E-state index contributed by atoms with van der Waals surface area (Å²) in [6.07, 6.45) is 1.10. The van der Waals surface area contributed by atoms with Gasteiger partial charge in [0.25, 0.3) is 11.8 Å². The third-order valence-electron chi connectivity index (χ3n) is 6.15. The van der Waals surface area contributed by atoms with Crippen molar-refractivity contribution in [2.75, 3.05) is 13.1 Å². The Labute approximate surface area is 200 Å². The molecule has 1 aliphatic carbocycles. The molecule has 0 radical (unpaired) electrons. The lowest BCUT2D eigenvalue weighted by Crippen LogP contribution is -2.45. The van der Waals surface area contributed by atoms with Crippen LogP contribution in [-0.4, -0.2) is 40.8 Å². The molecule has 2 aromatic carbocycles. The van der Waals surface area contributed by atoms with Crippen LogP contribution in [0.4, 0.5) is 0 Å². The van der Waals surface area contributed by atoms with Crippen molar-refractivity contribution in [3.8, 4) is 10.4 Å². The van der Waals surface area contributed by atoms with Gasteiger partial charge < -0.3 is 10.2 Å². The minimum Gasteiger partial charge on any atom is -0.350 e. The first-order valence-corrected chi connectivity index (χ1v) is 12.1. The van der Waals surface area contributed by atoms with Gasteiger partial charge in [-0.15, -0.1) is 11.3 Å². The maximum Gasteiger partial charge on any atom is 0.274 e. The minimum atomic E-state index is -0.187. The zero-order valence-corrected chi connectivity index (χ0v) is 19.7. The van der Waals surface area contributed by atoms with Gasteiger partial charge in [-0.3, -0.25) is 9.59 Å². The van der Waals surface area contributed by atoms with Crippen molar-refractivity contribution in [1.29, 1.82) is 0 Å². The van der Waals surface area contributed by atoms with Crippen LogP contribution in [0.3, 0.4) is 0 Å². The van der Waals surface area contributed by atoms with E-state index in [2.05, 4.69) is 10.3 Å². The maximum absolute atomic E-state index is 13.6. The molecule has 2 aliphatic rings. The Bertz CT molecular complexity index is 1210. The molecule has 164 valence electrons. The summed E-state index contributed by atoms with van der Waals surface area (Å²) >= 11 is 13.7. The van der Waals surface area contributed by atoms with Crippen molar-refractivity contribution in [3.05, 3.63) is 74.8 Å². The number of aryl methyl sites for hydroxylation is 1. The van der Waals surface area contributed by atoms with Crippen LogP contribution in [0.25, 0.3) is 10.4 Å². The smallest absolute Gasteiger partial charge is 0.274 e. The number of thiazole rings is 1. The average molecular weight is 486 g/mol. The Hall–Kier alpha value is -2.41. The number of halogens is 2. The molecule has 0 bridgehead atoms. The normalized spacial score (nSPS) is 21.3. The molecule has 3 atom stereocenters. The second-order valence-electron chi connectivity index (χ2n) is 8.33. The van der Waals surface area contributed by atoms with Gasteiger partial charge in [0.05, 0.1) is 15.9 Å². The number of rotatable bonds is 5. The van der Waals surface area contributed by atoms with E-state index < -0.39 is 0 Å². The Morgan fingerprint density at radius 2 is 1.91 bits per heavy atom. The molecular weight excluding hydrogens is 465 g/mol. The summed E-state index contributed by atoms with van der Waals surface area (Å²) in [5.41, 5.74) is 1.86. The lowest BCUT2D eigenvalue weighted by atomic mass is 10.1. The number of amides is 2. The van der Waals surface area contributed by atoms with Gasteiger partial charge >= 0.3 is 0 Å². The van der Waals surface area contributed by atoms with Crippen LogP contribution in [0.1, 0.15) is 32.3 Å².